The zero-order chi connectivity index (χ0) is 13.0. The summed E-state index contributed by atoms with van der Waals surface area (Å²) in [5, 5.41) is 11.0. The summed E-state index contributed by atoms with van der Waals surface area (Å²) >= 11 is 0. The zero-order valence-corrected chi connectivity index (χ0v) is 9.51. The van der Waals surface area contributed by atoms with Crippen LogP contribution in [0.25, 0.3) is 5.69 Å². The van der Waals surface area contributed by atoms with Crippen LogP contribution in [0.1, 0.15) is 5.56 Å². The van der Waals surface area contributed by atoms with Crippen LogP contribution in [0.4, 0.5) is 4.39 Å². The molecule has 2 N–H and O–H groups in total. The van der Waals surface area contributed by atoms with E-state index in [1.165, 1.54) is 12.4 Å². The standard InChI is InChI=1S/C12H12FN3O2/c13-10-5-9(6-15-12(18)7-17)1-2-11(10)16-4-3-14-8-16/h1-5,8,17H,6-7H2,(H,15,18). The summed E-state index contributed by atoms with van der Waals surface area (Å²) in [7, 11) is 0. The second-order valence-corrected chi connectivity index (χ2v) is 3.69. The third-order valence-corrected chi connectivity index (χ3v) is 2.43. The number of aliphatic hydroxyl groups excluding tert-OH is 1. The number of hydrogen-bond acceptors (Lipinski definition) is 3. The Morgan fingerprint density at radius 2 is 2.33 bits per heavy atom. The topological polar surface area (TPSA) is 67.2 Å². The molecule has 5 nitrogen and oxygen atoms in total. The Labute approximate surface area is 103 Å². The Hall–Kier alpha value is -2.21. The highest BCUT2D eigenvalue weighted by molar-refractivity contribution is 5.76. The summed E-state index contributed by atoms with van der Waals surface area (Å²) in [5.41, 5.74) is 1.02. The van der Waals surface area contributed by atoms with E-state index in [-0.39, 0.29) is 6.54 Å². The van der Waals surface area contributed by atoms with Gasteiger partial charge in [-0.15, -0.1) is 0 Å². The fourth-order valence-electron chi connectivity index (χ4n) is 1.53. The number of nitrogens with zero attached hydrogens (tertiary/aromatic N) is 2. The summed E-state index contributed by atoms with van der Waals surface area (Å²) in [4.78, 5) is 14.7. The van der Waals surface area contributed by atoms with E-state index in [4.69, 9.17) is 5.11 Å². The van der Waals surface area contributed by atoms with Crippen LogP contribution in [0.3, 0.4) is 0 Å². The molecule has 0 aliphatic carbocycles. The van der Waals surface area contributed by atoms with E-state index in [9.17, 15) is 9.18 Å². The summed E-state index contributed by atoms with van der Waals surface area (Å²) in [5.74, 6) is -0.891. The number of hydrogen-bond donors (Lipinski definition) is 2. The lowest BCUT2D eigenvalue weighted by molar-refractivity contribution is -0.123. The quantitative estimate of drug-likeness (QED) is 0.834. The molecule has 0 radical (unpaired) electrons. The molecule has 0 fully saturated rings. The zero-order valence-electron chi connectivity index (χ0n) is 9.51. The molecule has 1 aromatic heterocycles. The van der Waals surface area contributed by atoms with Crippen molar-refractivity contribution < 1.29 is 14.3 Å². The predicted octanol–water partition coefficient (Wildman–Crippen LogP) is 0.620. The van der Waals surface area contributed by atoms with E-state index in [1.807, 2.05) is 0 Å². The Morgan fingerprint density at radius 1 is 1.50 bits per heavy atom. The highest BCUT2D eigenvalue weighted by Crippen LogP contribution is 2.14. The van der Waals surface area contributed by atoms with Crippen molar-refractivity contribution in [1.82, 2.24) is 14.9 Å². The number of benzene rings is 1. The number of carbonyl (C=O) groups is 1. The molecule has 6 heteroatoms. The van der Waals surface area contributed by atoms with Gasteiger partial charge in [-0.2, -0.15) is 0 Å². The van der Waals surface area contributed by atoms with Gasteiger partial charge in [0.1, 0.15) is 12.4 Å². The van der Waals surface area contributed by atoms with Crippen LogP contribution in [0, 0.1) is 5.82 Å². The molecule has 0 atom stereocenters. The van der Waals surface area contributed by atoms with E-state index in [0.29, 0.717) is 11.3 Å². The number of halogens is 1. The molecule has 94 valence electrons. The van der Waals surface area contributed by atoms with Gasteiger partial charge in [0, 0.05) is 18.9 Å². The number of carbonyl (C=O) groups excluding carboxylic acids is 1. The van der Waals surface area contributed by atoms with Crippen molar-refractivity contribution in [3.05, 3.63) is 48.3 Å². The Morgan fingerprint density at radius 3 is 2.94 bits per heavy atom. The number of aliphatic hydroxyl groups is 1. The molecule has 1 heterocycles. The highest BCUT2D eigenvalue weighted by Gasteiger charge is 2.06. The minimum absolute atomic E-state index is 0.181. The minimum Gasteiger partial charge on any atom is -0.387 e. The molecule has 0 saturated heterocycles. The second-order valence-electron chi connectivity index (χ2n) is 3.69. The average Bonchev–Trinajstić information content (AvgIpc) is 2.89. The van der Waals surface area contributed by atoms with E-state index in [0.717, 1.165) is 0 Å². The maximum atomic E-state index is 13.8. The maximum Gasteiger partial charge on any atom is 0.245 e. The van der Waals surface area contributed by atoms with Crippen molar-refractivity contribution in [2.45, 2.75) is 6.54 Å². The first-order valence-corrected chi connectivity index (χ1v) is 5.35. The molecule has 0 aliphatic rings. The summed E-state index contributed by atoms with van der Waals surface area (Å²) in [6.45, 7) is -0.393. The van der Waals surface area contributed by atoms with E-state index in [1.54, 1.807) is 29.1 Å². The van der Waals surface area contributed by atoms with E-state index in [2.05, 4.69) is 10.3 Å². The number of aromatic nitrogens is 2. The first kappa shape index (κ1) is 12.3. The monoisotopic (exact) mass is 249 g/mol. The normalized spacial score (nSPS) is 10.3. The molecule has 18 heavy (non-hydrogen) atoms. The lowest BCUT2D eigenvalue weighted by atomic mass is 10.2. The number of imidazole rings is 1. The molecule has 0 aliphatic heterocycles. The van der Waals surface area contributed by atoms with Crippen LogP contribution >= 0.6 is 0 Å². The van der Waals surface area contributed by atoms with Gasteiger partial charge in [0.05, 0.1) is 12.0 Å². The first-order chi connectivity index (χ1) is 8.70. The number of rotatable bonds is 4. The van der Waals surface area contributed by atoms with Gasteiger partial charge in [0.25, 0.3) is 0 Å². The van der Waals surface area contributed by atoms with Gasteiger partial charge in [0.15, 0.2) is 0 Å². The highest BCUT2D eigenvalue weighted by atomic mass is 19.1. The van der Waals surface area contributed by atoms with Crippen molar-refractivity contribution in [3.8, 4) is 5.69 Å². The van der Waals surface area contributed by atoms with Gasteiger partial charge in [-0.25, -0.2) is 9.37 Å². The van der Waals surface area contributed by atoms with Crippen LogP contribution in [0.5, 0.6) is 0 Å². The first-order valence-electron chi connectivity index (χ1n) is 5.35. The van der Waals surface area contributed by atoms with Gasteiger partial charge in [-0.1, -0.05) is 6.07 Å². The third kappa shape index (κ3) is 2.72. The second kappa shape index (κ2) is 5.42. The van der Waals surface area contributed by atoms with Crippen LogP contribution in [-0.4, -0.2) is 27.2 Å². The van der Waals surface area contributed by atoms with Gasteiger partial charge in [0.2, 0.25) is 5.91 Å². The fourth-order valence-corrected chi connectivity index (χ4v) is 1.53. The Bertz CT molecular complexity index is 540. The van der Waals surface area contributed by atoms with Gasteiger partial charge in [-0.3, -0.25) is 4.79 Å². The smallest absolute Gasteiger partial charge is 0.245 e. The molecule has 1 aromatic carbocycles. The molecule has 0 bridgehead atoms. The van der Waals surface area contributed by atoms with Crippen molar-refractivity contribution in [3.63, 3.8) is 0 Å². The third-order valence-electron chi connectivity index (χ3n) is 2.43. The molecular weight excluding hydrogens is 237 g/mol. The predicted molar refractivity (Wildman–Crippen MR) is 62.5 cm³/mol. The van der Waals surface area contributed by atoms with Crippen LogP contribution in [-0.2, 0) is 11.3 Å². The lowest BCUT2D eigenvalue weighted by Gasteiger charge is -2.07. The van der Waals surface area contributed by atoms with Gasteiger partial charge in [-0.05, 0) is 17.7 Å². The molecular formula is C12H12FN3O2. The average molecular weight is 249 g/mol. The SMILES string of the molecule is O=C(CO)NCc1ccc(-n2ccnc2)c(F)c1. The van der Waals surface area contributed by atoms with Gasteiger partial charge >= 0.3 is 0 Å². The molecule has 1 amide bonds. The molecule has 2 aromatic rings. The van der Waals surface area contributed by atoms with Crippen molar-refractivity contribution >= 4 is 5.91 Å². The number of nitrogens with one attached hydrogen (secondary N) is 1. The fraction of sp³-hybridized carbons (Fsp3) is 0.167. The van der Waals surface area contributed by atoms with E-state index < -0.39 is 18.3 Å². The van der Waals surface area contributed by atoms with Crippen LogP contribution in [0.15, 0.2) is 36.9 Å². The Kier molecular flexibility index (Phi) is 3.69. The van der Waals surface area contributed by atoms with Crippen molar-refractivity contribution in [2.24, 2.45) is 0 Å². The van der Waals surface area contributed by atoms with Gasteiger partial charge < -0.3 is 15.0 Å². The molecule has 2 rings (SSSR count). The van der Waals surface area contributed by atoms with Crippen LogP contribution < -0.4 is 5.32 Å². The largest absolute Gasteiger partial charge is 0.387 e. The van der Waals surface area contributed by atoms with E-state index >= 15 is 0 Å². The number of amides is 1. The molecule has 0 spiro atoms. The lowest BCUT2D eigenvalue weighted by Crippen LogP contribution is -2.25. The maximum absolute atomic E-state index is 13.8. The molecule has 0 unspecified atom stereocenters. The van der Waals surface area contributed by atoms with Crippen LogP contribution in [0.2, 0.25) is 0 Å². The van der Waals surface area contributed by atoms with Crippen molar-refractivity contribution in [2.75, 3.05) is 6.61 Å². The Balaban J connectivity index is 2.13. The summed E-state index contributed by atoms with van der Waals surface area (Å²) < 4.78 is 15.4. The molecule has 0 saturated carbocycles. The summed E-state index contributed by atoms with van der Waals surface area (Å²) in [6, 6.07) is 4.65. The summed E-state index contributed by atoms with van der Waals surface area (Å²) in [6.07, 6.45) is 4.71. The minimum atomic E-state index is -0.574. The van der Waals surface area contributed by atoms with Crippen molar-refractivity contribution in [1.29, 1.82) is 0 Å².